The molecular weight excluding hydrogens is 190 g/mol. The number of hydrogen-bond acceptors (Lipinski definition) is 2. The summed E-state index contributed by atoms with van der Waals surface area (Å²) in [4.78, 5) is 7.80. The second-order valence-corrected chi connectivity index (χ2v) is 3.30. The van der Waals surface area contributed by atoms with E-state index in [2.05, 4.69) is 21.0 Å². The molecule has 0 fully saturated rings. The molecular formula is C11H13N3O. The highest BCUT2D eigenvalue weighted by Crippen LogP contribution is 2.17. The molecule has 0 atom stereocenters. The molecule has 3 N–H and O–H groups in total. The summed E-state index contributed by atoms with van der Waals surface area (Å²) in [6.07, 6.45) is 2.54. The number of aromatic amines is 1. The summed E-state index contributed by atoms with van der Waals surface area (Å²) in [6.45, 7) is 0. The van der Waals surface area contributed by atoms with E-state index in [-0.39, 0.29) is 0 Å². The Morgan fingerprint density at radius 1 is 1.47 bits per heavy atom. The molecule has 0 unspecified atom stereocenters. The maximum Gasteiger partial charge on any atom is 0.143 e. The lowest BCUT2D eigenvalue weighted by atomic mass is 10.1. The van der Waals surface area contributed by atoms with Crippen molar-refractivity contribution in [3.63, 3.8) is 0 Å². The van der Waals surface area contributed by atoms with Gasteiger partial charge in [0.1, 0.15) is 12.9 Å². The molecule has 0 aliphatic heterocycles. The fourth-order valence-electron chi connectivity index (χ4n) is 1.62. The van der Waals surface area contributed by atoms with Gasteiger partial charge in [0.15, 0.2) is 0 Å². The molecule has 0 aliphatic rings. The van der Waals surface area contributed by atoms with E-state index >= 15 is 0 Å². The summed E-state index contributed by atoms with van der Waals surface area (Å²) >= 11 is 0. The number of oxime groups is 1. The van der Waals surface area contributed by atoms with E-state index in [1.54, 1.807) is 0 Å². The predicted octanol–water partition coefficient (Wildman–Crippen LogP) is 1.63. The zero-order valence-electron chi connectivity index (χ0n) is 8.53. The Balaban J connectivity index is 2.32. The van der Waals surface area contributed by atoms with Crippen molar-refractivity contribution in [2.75, 3.05) is 7.11 Å². The van der Waals surface area contributed by atoms with Crippen LogP contribution in [0.1, 0.15) is 5.56 Å². The van der Waals surface area contributed by atoms with Crippen LogP contribution < -0.4 is 5.73 Å². The van der Waals surface area contributed by atoms with Gasteiger partial charge in [0.05, 0.1) is 0 Å². The lowest BCUT2D eigenvalue weighted by Gasteiger charge is -1.98. The lowest BCUT2D eigenvalue weighted by Crippen LogP contribution is -2.14. The lowest BCUT2D eigenvalue weighted by molar-refractivity contribution is 0.212. The van der Waals surface area contributed by atoms with Crippen molar-refractivity contribution in [1.29, 1.82) is 0 Å². The second-order valence-electron chi connectivity index (χ2n) is 3.30. The van der Waals surface area contributed by atoms with Gasteiger partial charge in [-0.3, -0.25) is 0 Å². The number of nitrogens with zero attached hydrogens (tertiary/aromatic N) is 1. The number of benzene rings is 1. The van der Waals surface area contributed by atoms with E-state index in [1.807, 2.05) is 24.4 Å². The molecule has 0 bridgehead atoms. The van der Waals surface area contributed by atoms with Gasteiger partial charge in [-0.15, -0.1) is 0 Å². The minimum atomic E-state index is 0.474. The van der Waals surface area contributed by atoms with Crippen molar-refractivity contribution >= 4 is 16.7 Å². The van der Waals surface area contributed by atoms with Crippen molar-refractivity contribution in [3.05, 3.63) is 36.0 Å². The monoisotopic (exact) mass is 203 g/mol. The Morgan fingerprint density at radius 2 is 2.27 bits per heavy atom. The Morgan fingerprint density at radius 3 is 3.07 bits per heavy atom. The number of rotatable bonds is 3. The zero-order chi connectivity index (χ0) is 10.7. The number of nitrogens with two attached hydrogens (primary N) is 1. The fraction of sp³-hybridized carbons (Fsp3) is 0.182. The van der Waals surface area contributed by atoms with Gasteiger partial charge in [-0.25, -0.2) is 0 Å². The minimum Gasteiger partial charge on any atom is -0.398 e. The van der Waals surface area contributed by atoms with E-state index in [9.17, 15) is 0 Å². The largest absolute Gasteiger partial charge is 0.398 e. The van der Waals surface area contributed by atoms with Gasteiger partial charge in [-0.1, -0.05) is 23.4 Å². The predicted molar refractivity (Wildman–Crippen MR) is 60.6 cm³/mol. The smallest absolute Gasteiger partial charge is 0.143 e. The average Bonchev–Trinajstić information content (AvgIpc) is 2.62. The number of nitrogens with one attached hydrogen (secondary N) is 1. The van der Waals surface area contributed by atoms with Gasteiger partial charge in [-0.05, 0) is 11.6 Å². The van der Waals surface area contributed by atoms with Crippen LogP contribution in [0.3, 0.4) is 0 Å². The normalized spacial score (nSPS) is 11.9. The number of aromatic nitrogens is 1. The number of fused-ring (bicyclic) bond motifs is 1. The van der Waals surface area contributed by atoms with Crippen LogP contribution in [0.2, 0.25) is 0 Å². The van der Waals surface area contributed by atoms with E-state index in [1.165, 1.54) is 12.5 Å². The highest BCUT2D eigenvalue weighted by Gasteiger charge is 2.04. The SMILES string of the molecule is CO/N=C(\N)Cc1c[nH]c2ccccc12. The summed E-state index contributed by atoms with van der Waals surface area (Å²) < 4.78 is 0. The highest BCUT2D eigenvalue weighted by atomic mass is 16.6. The van der Waals surface area contributed by atoms with Crippen LogP contribution in [0.25, 0.3) is 10.9 Å². The van der Waals surface area contributed by atoms with Crippen molar-refractivity contribution in [2.24, 2.45) is 10.9 Å². The molecule has 2 aromatic rings. The van der Waals surface area contributed by atoms with Crippen LogP contribution in [0, 0.1) is 0 Å². The number of para-hydroxylation sites is 1. The Bertz CT molecular complexity index is 487. The molecule has 2 rings (SSSR count). The molecule has 78 valence electrons. The summed E-state index contributed by atoms with van der Waals surface area (Å²) in [6, 6.07) is 8.09. The van der Waals surface area contributed by atoms with Crippen molar-refractivity contribution in [2.45, 2.75) is 6.42 Å². The standard InChI is InChI=1S/C11H13N3O/c1-15-14-11(12)6-8-7-13-10-5-3-2-4-9(8)10/h2-5,7,13H,6H2,1H3,(H2,12,14). The van der Waals surface area contributed by atoms with Gasteiger partial charge >= 0.3 is 0 Å². The van der Waals surface area contributed by atoms with Crippen molar-refractivity contribution in [3.8, 4) is 0 Å². The first-order chi connectivity index (χ1) is 7.31. The third-order valence-electron chi connectivity index (χ3n) is 2.26. The van der Waals surface area contributed by atoms with Crippen molar-refractivity contribution in [1.82, 2.24) is 4.98 Å². The van der Waals surface area contributed by atoms with Crippen LogP contribution in [0.15, 0.2) is 35.6 Å². The third kappa shape index (κ3) is 1.93. The molecule has 0 radical (unpaired) electrons. The molecule has 0 aliphatic carbocycles. The van der Waals surface area contributed by atoms with Crippen molar-refractivity contribution < 1.29 is 4.84 Å². The molecule has 1 aromatic carbocycles. The molecule has 0 saturated carbocycles. The first-order valence-corrected chi connectivity index (χ1v) is 4.71. The van der Waals surface area contributed by atoms with Gasteiger partial charge in [0, 0.05) is 23.5 Å². The molecule has 4 nitrogen and oxygen atoms in total. The van der Waals surface area contributed by atoms with Crippen LogP contribution in [0.5, 0.6) is 0 Å². The zero-order valence-corrected chi connectivity index (χ0v) is 8.53. The fourth-order valence-corrected chi connectivity index (χ4v) is 1.62. The summed E-state index contributed by atoms with van der Waals surface area (Å²) in [5.41, 5.74) is 7.92. The quantitative estimate of drug-likeness (QED) is 0.452. The summed E-state index contributed by atoms with van der Waals surface area (Å²) in [5.74, 6) is 0.474. The molecule has 15 heavy (non-hydrogen) atoms. The first kappa shape index (κ1) is 9.58. The Kier molecular flexibility index (Phi) is 2.58. The topological polar surface area (TPSA) is 63.4 Å². The van der Waals surface area contributed by atoms with Gasteiger partial charge in [0.2, 0.25) is 0 Å². The van der Waals surface area contributed by atoms with E-state index in [0.29, 0.717) is 12.3 Å². The minimum absolute atomic E-state index is 0.474. The molecule has 0 saturated heterocycles. The molecule has 0 spiro atoms. The molecule has 0 amide bonds. The van der Waals surface area contributed by atoms with Crippen LogP contribution in [-0.2, 0) is 11.3 Å². The van der Waals surface area contributed by atoms with Crippen LogP contribution in [0.4, 0.5) is 0 Å². The summed E-state index contributed by atoms with van der Waals surface area (Å²) in [7, 11) is 1.49. The highest BCUT2D eigenvalue weighted by molar-refractivity contribution is 5.90. The molecule has 1 heterocycles. The second kappa shape index (κ2) is 4.04. The number of hydrogen-bond donors (Lipinski definition) is 2. The number of amidine groups is 1. The van der Waals surface area contributed by atoms with E-state index < -0.39 is 0 Å². The van der Waals surface area contributed by atoms with Crippen LogP contribution >= 0.6 is 0 Å². The maximum absolute atomic E-state index is 5.68. The third-order valence-corrected chi connectivity index (χ3v) is 2.26. The molecule has 1 aromatic heterocycles. The first-order valence-electron chi connectivity index (χ1n) is 4.71. The summed E-state index contributed by atoms with van der Waals surface area (Å²) in [5, 5.41) is 4.86. The Labute approximate surface area is 87.7 Å². The van der Waals surface area contributed by atoms with Gasteiger partial charge in [-0.2, -0.15) is 0 Å². The number of H-pyrrole nitrogens is 1. The maximum atomic E-state index is 5.68. The average molecular weight is 203 g/mol. The van der Waals surface area contributed by atoms with Gasteiger partial charge in [0.25, 0.3) is 0 Å². The van der Waals surface area contributed by atoms with E-state index in [4.69, 9.17) is 5.73 Å². The van der Waals surface area contributed by atoms with Crippen LogP contribution in [-0.4, -0.2) is 17.9 Å². The van der Waals surface area contributed by atoms with Gasteiger partial charge < -0.3 is 15.6 Å². The Hall–Kier alpha value is -1.97. The molecule has 4 heteroatoms. The van der Waals surface area contributed by atoms with E-state index in [0.717, 1.165) is 11.1 Å².